The molecule has 8 heteroatoms. The zero-order chi connectivity index (χ0) is 19.7. The quantitative estimate of drug-likeness (QED) is 0.442. The molecular formula is C19H26N4O3S. The second-order valence-electron chi connectivity index (χ2n) is 7.88. The van der Waals surface area contributed by atoms with Gasteiger partial charge in [-0.25, -0.2) is 9.69 Å². The summed E-state index contributed by atoms with van der Waals surface area (Å²) >= 11 is 1.30. The van der Waals surface area contributed by atoms with Crippen molar-refractivity contribution in [3.05, 3.63) is 46.1 Å². The lowest BCUT2D eigenvalue weighted by Gasteiger charge is -2.38. The van der Waals surface area contributed by atoms with Crippen LogP contribution in [-0.4, -0.2) is 47.1 Å². The summed E-state index contributed by atoms with van der Waals surface area (Å²) in [6.07, 6.45) is 0.0629. The van der Waals surface area contributed by atoms with E-state index in [0.29, 0.717) is 17.2 Å². The molecule has 0 bridgehead atoms. The minimum atomic E-state index is -0.856. The molecule has 0 aliphatic carbocycles. The van der Waals surface area contributed by atoms with Crippen LogP contribution in [0.5, 0.6) is 0 Å². The summed E-state index contributed by atoms with van der Waals surface area (Å²) in [5.41, 5.74) is 0.249. The molecular weight excluding hydrogens is 364 g/mol. The highest BCUT2D eigenvalue weighted by Crippen LogP contribution is 2.37. The summed E-state index contributed by atoms with van der Waals surface area (Å²) in [6.45, 7) is 9.53. The first-order chi connectivity index (χ1) is 12.7. The van der Waals surface area contributed by atoms with Crippen LogP contribution in [0.4, 0.5) is 5.13 Å². The van der Waals surface area contributed by atoms with Crippen molar-refractivity contribution in [1.29, 1.82) is 0 Å². The van der Waals surface area contributed by atoms with Crippen LogP contribution in [0.1, 0.15) is 49.5 Å². The predicted molar refractivity (Wildman–Crippen MR) is 106 cm³/mol. The zero-order valence-corrected chi connectivity index (χ0v) is 17.0. The number of hydrogen-bond acceptors (Lipinski definition) is 7. The molecule has 1 aromatic heterocycles. The lowest BCUT2D eigenvalue weighted by molar-refractivity contribution is 0.00551. The highest BCUT2D eigenvalue weighted by atomic mass is 32.1. The van der Waals surface area contributed by atoms with Crippen molar-refractivity contribution in [1.82, 2.24) is 19.7 Å². The highest BCUT2D eigenvalue weighted by molar-refractivity contribution is 7.15. The van der Waals surface area contributed by atoms with Crippen molar-refractivity contribution < 1.29 is 9.53 Å². The number of rotatable bonds is 5. The fourth-order valence-corrected chi connectivity index (χ4v) is 3.99. The fraction of sp³-hybridized carbons (Fsp3) is 0.526. The van der Waals surface area contributed by atoms with E-state index < -0.39 is 16.8 Å². The second kappa shape index (κ2) is 7.63. The number of esters is 1. The Bertz CT molecular complexity index is 790. The molecule has 1 fully saturated rings. The summed E-state index contributed by atoms with van der Waals surface area (Å²) in [5, 5.41) is 23.3. The maximum Gasteiger partial charge on any atom is 0.342 e. The first kappa shape index (κ1) is 19.9. The third-order valence-corrected chi connectivity index (χ3v) is 5.92. The Hall–Kier alpha value is -1.87. The van der Waals surface area contributed by atoms with Gasteiger partial charge in [-0.15, -0.1) is 5.10 Å². The number of aromatic nitrogens is 2. The maximum absolute atomic E-state index is 13.8. The molecule has 0 N–H and O–H groups in total. The molecule has 1 aromatic carbocycles. The van der Waals surface area contributed by atoms with Crippen LogP contribution in [0.2, 0.25) is 0 Å². The van der Waals surface area contributed by atoms with E-state index in [1.807, 2.05) is 31.7 Å². The third kappa shape index (κ3) is 4.19. The van der Waals surface area contributed by atoms with Crippen molar-refractivity contribution in [3.63, 3.8) is 0 Å². The van der Waals surface area contributed by atoms with Gasteiger partial charge in [0.15, 0.2) is 0 Å². The van der Waals surface area contributed by atoms with Crippen LogP contribution in [0, 0.1) is 5.21 Å². The van der Waals surface area contributed by atoms with E-state index in [1.54, 1.807) is 24.3 Å². The minimum absolute atomic E-state index is 0.186. The number of carbonyl (C=O) groups excluding carboxylic acids is 1. The van der Waals surface area contributed by atoms with E-state index in [4.69, 9.17) is 4.74 Å². The van der Waals surface area contributed by atoms with Gasteiger partial charge >= 0.3 is 11.1 Å². The Kier molecular flexibility index (Phi) is 5.62. The lowest BCUT2D eigenvalue weighted by Crippen LogP contribution is -2.50. The van der Waals surface area contributed by atoms with E-state index in [0.717, 1.165) is 18.0 Å². The van der Waals surface area contributed by atoms with Gasteiger partial charge in [-0.05, 0) is 29.9 Å². The number of benzene rings is 1. The van der Waals surface area contributed by atoms with Crippen molar-refractivity contribution in [2.75, 3.05) is 19.8 Å². The standard InChI is InChI=1S/C19H26N4O3S/c1-5-11-22-12-15(26-16(24)14-9-7-6-8-10-14)23(25,13-22)18-21-20-17(27-18)19(2,3)4/h6-10,15H,5,11-13H2,1-4H3. The number of carbonyl (C=O) groups is 1. The SMILES string of the molecule is CCCN1CC(OC(=O)c2ccccc2)[N+]([O-])(c2nnc(C(C)(C)C)s2)C1. The molecule has 3 rings (SSSR count). The summed E-state index contributed by atoms with van der Waals surface area (Å²) in [5.74, 6) is -0.488. The molecule has 2 heterocycles. The van der Waals surface area contributed by atoms with Gasteiger partial charge in [0.2, 0.25) is 0 Å². The van der Waals surface area contributed by atoms with E-state index in [1.165, 1.54) is 11.3 Å². The molecule has 1 aliphatic rings. The number of ether oxygens (including phenoxy) is 1. The van der Waals surface area contributed by atoms with Gasteiger partial charge in [-0.3, -0.25) is 4.65 Å². The van der Waals surface area contributed by atoms with Crippen LogP contribution in [0.25, 0.3) is 0 Å². The summed E-state index contributed by atoms with van der Waals surface area (Å²) in [7, 11) is 0. The van der Waals surface area contributed by atoms with E-state index in [2.05, 4.69) is 17.1 Å². The molecule has 2 atom stereocenters. The Balaban J connectivity index is 1.87. The lowest BCUT2D eigenvalue weighted by atomic mass is 9.98. The topological polar surface area (TPSA) is 78.4 Å². The average molecular weight is 391 g/mol. The summed E-state index contributed by atoms with van der Waals surface area (Å²) in [6, 6.07) is 8.74. The van der Waals surface area contributed by atoms with Crippen LogP contribution in [-0.2, 0) is 10.2 Å². The largest absolute Gasteiger partial charge is 0.622 e. The van der Waals surface area contributed by atoms with Crippen LogP contribution < -0.4 is 4.65 Å². The summed E-state index contributed by atoms with van der Waals surface area (Å²) < 4.78 is 4.86. The number of quaternary nitrogens is 1. The number of hydrogen-bond donors (Lipinski definition) is 0. The molecule has 27 heavy (non-hydrogen) atoms. The highest BCUT2D eigenvalue weighted by Gasteiger charge is 2.46. The van der Waals surface area contributed by atoms with Crippen LogP contribution in [0.15, 0.2) is 30.3 Å². The summed E-state index contributed by atoms with van der Waals surface area (Å²) in [4.78, 5) is 14.5. The van der Waals surface area contributed by atoms with Crippen molar-refractivity contribution in [2.45, 2.75) is 45.8 Å². The molecule has 146 valence electrons. The fourth-order valence-electron chi connectivity index (χ4n) is 3.02. The molecule has 2 unspecified atom stereocenters. The molecule has 0 saturated carbocycles. The molecule has 0 amide bonds. The zero-order valence-electron chi connectivity index (χ0n) is 16.2. The molecule has 7 nitrogen and oxygen atoms in total. The first-order valence-corrected chi connectivity index (χ1v) is 9.97. The van der Waals surface area contributed by atoms with Crippen molar-refractivity contribution >= 4 is 22.4 Å². The minimum Gasteiger partial charge on any atom is -0.622 e. The molecule has 1 aliphatic heterocycles. The van der Waals surface area contributed by atoms with E-state index in [9.17, 15) is 10.0 Å². The van der Waals surface area contributed by atoms with Gasteiger partial charge in [0.25, 0.3) is 6.23 Å². The van der Waals surface area contributed by atoms with E-state index in [-0.39, 0.29) is 12.1 Å². The second-order valence-corrected chi connectivity index (χ2v) is 8.84. The number of nitrogens with zero attached hydrogens (tertiary/aromatic N) is 4. The van der Waals surface area contributed by atoms with Gasteiger partial charge in [0.1, 0.15) is 11.7 Å². The van der Waals surface area contributed by atoms with Gasteiger partial charge in [-0.2, -0.15) is 0 Å². The first-order valence-electron chi connectivity index (χ1n) is 9.15. The van der Waals surface area contributed by atoms with Gasteiger partial charge in [0.05, 0.1) is 12.1 Å². The van der Waals surface area contributed by atoms with Crippen molar-refractivity contribution in [3.8, 4) is 0 Å². The Morgan fingerprint density at radius 3 is 2.63 bits per heavy atom. The van der Waals surface area contributed by atoms with Crippen LogP contribution in [0.3, 0.4) is 0 Å². The Morgan fingerprint density at radius 1 is 1.33 bits per heavy atom. The molecule has 0 spiro atoms. The van der Waals surface area contributed by atoms with Crippen molar-refractivity contribution in [2.24, 2.45) is 0 Å². The predicted octanol–water partition coefficient (Wildman–Crippen LogP) is 3.51. The molecule has 1 saturated heterocycles. The van der Waals surface area contributed by atoms with E-state index >= 15 is 0 Å². The Labute approximate surface area is 163 Å². The Morgan fingerprint density at radius 2 is 2.04 bits per heavy atom. The van der Waals surface area contributed by atoms with Gasteiger partial charge in [0, 0.05) is 12.0 Å². The third-order valence-electron chi connectivity index (χ3n) is 4.46. The molecule has 0 radical (unpaired) electrons. The van der Waals surface area contributed by atoms with Gasteiger partial charge in [-0.1, -0.05) is 51.0 Å². The molecule has 2 aromatic rings. The number of hydroxylamine groups is 2. The smallest absolute Gasteiger partial charge is 0.342 e. The monoisotopic (exact) mass is 390 g/mol. The normalized spacial score (nSPS) is 23.5. The maximum atomic E-state index is 13.8. The average Bonchev–Trinajstić information content (AvgIpc) is 3.23. The van der Waals surface area contributed by atoms with Crippen LogP contribution >= 0.6 is 11.3 Å². The van der Waals surface area contributed by atoms with Gasteiger partial charge < -0.3 is 9.94 Å².